The van der Waals surface area contributed by atoms with E-state index in [1.807, 2.05) is 0 Å². The summed E-state index contributed by atoms with van der Waals surface area (Å²) in [5, 5.41) is 0. The van der Waals surface area contributed by atoms with Crippen LogP contribution in [-0.4, -0.2) is 18.8 Å². The van der Waals surface area contributed by atoms with Gasteiger partial charge in [0.1, 0.15) is 6.10 Å². The van der Waals surface area contributed by atoms with Gasteiger partial charge in [0, 0.05) is 6.61 Å². The lowest BCUT2D eigenvalue weighted by atomic mass is 10.0. The van der Waals surface area contributed by atoms with Crippen LogP contribution in [0.5, 0.6) is 0 Å². The predicted molar refractivity (Wildman–Crippen MR) is 72.0 cm³/mol. The summed E-state index contributed by atoms with van der Waals surface area (Å²) in [7, 11) is 0. The van der Waals surface area contributed by atoms with Crippen molar-refractivity contribution in [3.05, 3.63) is 12.8 Å². The Kier molecular flexibility index (Phi) is 8.16. The number of rotatable bonds is 6. The molecule has 0 aromatic carbocycles. The van der Waals surface area contributed by atoms with Crippen LogP contribution in [0.25, 0.3) is 0 Å². The van der Waals surface area contributed by atoms with Crippen LogP contribution in [0.3, 0.4) is 0 Å². The number of hydrogen-bond donors (Lipinski definition) is 0. The monoisotopic (exact) mass is 240 g/mol. The van der Waals surface area contributed by atoms with Gasteiger partial charge in [-0.15, -0.1) is 0 Å². The average molecular weight is 240 g/mol. The zero-order chi connectivity index (χ0) is 12.3. The molecule has 0 radical (unpaired) electrons. The lowest BCUT2D eigenvalue weighted by Gasteiger charge is -2.26. The maximum Gasteiger partial charge on any atom is 0.124 e. The fourth-order valence-corrected chi connectivity index (χ4v) is 2.44. The van der Waals surface area contributed by atoms with Gasteiger partial charge in [-0.2, -0.15) is 0 Å². The van der Waals surface area contributed by atoms with Crippen molar-refractivity contribution in [3.8, 4) is 0 Å². The Balaban J connectivity index is 2.44. The van der Waals surface area contributed by atoms with E-state index in [1.54, 1.807) is 6.26 Å². The van der Waals surface area contributed by atoms with Crippen LogP contribution in [0, 0.1) is 0 Å². The molecule has 0 aromatic heterocycles. The maximum absolute atomic E-state index is 6.01. The first-order valence-corrected chi connectivity index (χ1v) is 7.26. The SMILES string of the molecule is C=CO[C@@H]1CCCCCCCC1OCCCC. The molecule has 0 bridgehead atoms. The third-order valence-electron chi connectivity index (χ3n) is 3.49. The van der Waals surface area contributed by atoms with Crippen LogP contribution < -0.4 is 0 Å². The third-order valence-corrected chi connectivity index (χ3v) is 3.49. The second kappa shape index (κ2) is 9.52. The molecule has 0 N–H and O–H groups in total. The summed E-state index contributed by atoms with van der Waals surface area (Å²) in [6.07, 6.45) is 13.2. The minimum Gasteiger partial charge on any atom is -0.496 e. The smallest absolute Gasteiger partial charge is 0.124 e. The Morgan fingerprint density at radius 2 is 1.71 bits per heavy atom. The summed E-state index contributed by atoms with van der Waals surface area (Å²) in [6, 6.07) is 0. The van der Waals surface area contributed by atoms with E-state index >= 15 is 0 Å². The Hall–Kier alpha value is -0.500. The molecule has 1 unspecified atom stereocenters. The van der Waals surface area contributed by atoms with Crippen molar-refractivity contribution in [2.75, 3.05) is 6.61 Å². The van der Waals surface area contributed by atoms with Gasteiger partial charge in [-0.25, -0.2) is 0 Å². The normalized spacial score (nSPS) is 26.6. The van der Waals surface area contributed by atoms with Crippen molar-refractivity contribution in [1.82, 2.24) is 0 Å². The highest BCUT2D eigenvalue weighted by molar-refractivity contribution is 4.75. The number of ether oxygens (including phenoxy) is 2. The molecule has 0 heterocycles. The van der Waals surface area contributed by atoms with Gasteiger partial charge < -0.3 is 9.47 Å². The molecular weight excluding hydrogens is 212 g/mol. The second-order valence-electron chi connectivity index (χ2n) is 4.95. The highest BCUT2D eigenvalue weighted by Gasteiger charge is 2.23. The van der Waals surface area contributed by atoms with Gasteiger partial charge in [-0.05, 0) is 25.7 Å². The van der Waals surface area contributed by atoms with Crippen molar-refractivity contribution in [3.63, 3.8) is 0 Å². The lowest BCUT2D eigenvalue weighted by molar-refractivity contribution is -0.0511. The molecule has 2 atom stereocenters. The molecule has 2 heteroatoms. The van der Waals surface area contributed by atoms with Crippen molar-refractivity contribution in [2.24, 2.45) is 0 Å². The molecule has 0 spiro atoms. The number of unbranched alkanes of at least 4 members (excludes halogenated alkanes) is 1. The zero-order valence-corrected chi connectivity index (χ0v) is 11.3. The first-order chi connectivity index (χ1) is 8.38. The summed E-state index contributed by atoms with van der Waals surface area (Å²) >= 11 is 0. The third kappa shape index (κ3) is 6.11. The van der Waals surface area contributed by atoms with E-state index in [-0.39, 0.29) is 12.2 Å². The largest absolute Gasteiger partial charge is 0.496 e. The second-order valence-corrected chi connectivity index (χ2v) is 4.95. The van der Waals surface area contributed by atoms with Crippen molar-refractivity contribution < 1.29 is 9.47 Å². The van der Waals surface area contributed by atoms with E-state index in [0.29, 0.717) is 0 Å². The minimum atomic E-state index is 0.224. The average Bonchev–Trinajstić information content (AvgIpc) is 2.44. The molecule has 17 heavy (non-hydrogen) atoms. The summed E-state index contributed by atoms with van der Waals surface area (Å²) in [5.41, 5.74) is 0. The van der Waals surface area contributed by atoms with Crippen LogP contribution >= 0.6 is 0 Å². The van der Waals surface area contributed by atoms with Gasteiger partial charge in [-0.3, -0.25) is 0 Å². The maximum atomic E-state index is 6.01. The van der Waals surface area contributed by atoms with E-state index in [2.05, 4.69) is 13.5 Å². The van der Waals surface area contributed by atoms with E-state index in [9.17, 15) is 0 Å². The summed E-state index contributed by atoms with van der Waals surface area (Å²) in [5.74, 6) is 0. The van der Waals surface area contributed by atoms with Crippen molar-refractivity contribution >= 4 is 0 Å². The van der Waals surface area contributed by atoms with Crippen LogP contribution in [0.1, 0.15) is 64.7 Å². The van der Waals surface area contributed by atoms with Gasteiger partial charge in [0.2, 0.25) is 0 Å². The topological polar surface area (TPSA) is 18.5 Å². The van der Waals surface area contributed by atoms with Crippen LogP contribution in [-0.2, 0) is 9.47 Å². The molecule has 100 valence electrons. The Labute approximate surface area is 106 Å². The molecule has 1 aliphatic rings. The fraction of sp³-hybridized carbons (Fsp3) is 0.867. The molecular formula is C15H28O2. The van der Waals surface area contributed by atoms with Gasteiger partial charge in [0.05, 0.1) is 12.4 Å². The van der Waals surface area contributed by atoms with Gasteiger partial charge in [0.25, 0.3) is 0 Å². The molecule has 1 aliphatic carbocycles. The van der Waals surface area contributed by atoms with E-state index < -0.39 is 0 Å². The lowest BCUT2D eigenvalue weighted by Crippen LogP contribution is -2.30. The minimum absolute atomic E-state index is 0.224. The summed E-state index contributed by atoms with van der Waals surface area (Å²) in [4.78, 5) is 0. The van der Waals surface area contributed by atoms with Gasteiger partial charge >= 0.3 is 0 Å². The zero-order valence-electron chi connectivity index (χ0n) is 11.3. The summed E-state index contributed by atoms with van der Waals surface area (Å²) < 4.78 is 11.7. The fourth-order valence-electron chi connectivity index (χ4n) is 2.44. The quantitative estimate of drug-likeness (QED) is 0.504. The van der Waals surface area contributed by atoms with Crippen molar-refractivity contribution in [1.29, 1.82) is 0 Å². The van der Waals surface area contributed by atoms with Crippen LogP contribution in [0.2, 0.25) is 0 Å². The van der Waals surface area contributed by atoms with Gasteiger partial charge in [-0.1, -0.05) is 45.6 Å². The Morgan fingerprint density at radius 3 is 2.35 bits per heavy atom. The molecule has 0 aromatic rings. The van der Waals surface area contributed by atoms with E-state index in [1.165, 1.54) is 38.5 Å². The summed E-state index contributed by atoms with van der Waals surface area (Å²) in [6.45, 7) is 6.76. The highest BCUT2D eigenvalue weighted by atomic mass is 16.5. The standard InChI is InChI=1S/C15H28O2/c1-3-5-13-17-15-12-10-8-6-7-9-11-14(15)16-4-2/h4,14-15H,2-3,5-13H2,1H3/t14-,15?/m1/s1. The molecule has 2 nitrogen and oxygen atoms in total. The molecule has 0 amide bonds. The van der Waals surface area contributed by atoms with Crippen LogP contribution in [0.15, 0.2) is 12.8 Å². The van der Waals surface area contributed by atoms with Gasteiger partial charge in [0.15, 0.2) is 0 Å². The first-order valence-electron chi connectivity index (χ1n) is 7.26. The Bertz CT molecular complexity index is 191. The molecule has 0 aliphatic heterocycles. The molecule has 0 saturated heterocycles. The first kappa shape index (κ1) is 14.6. The van der Waals surface area contributed by atoms with Crippen molar-refractivity contribution in [2.45, 2.75) is 76.9 Å². The van der Waals surface area contributed by atoms with Crippen LogP contribution in [0.4, 0.5) is 0 Å². The van der Waals surface area contributed by atoms with E-state index in [0.717, 1.165) is 25.9 Å². The molecule has 1 saturated carbocycles. The van der Waals surface area contributed by atoms with E-state index in [4.69, 9.17) is 9.47 Å². The molecule has 1 fully saturated rings. The Morgan fingerprint density at radius 1 is 1.06 bits per heavy atom. The molecule has 1 rings (SSSR count). The number of hydrogen-bond acceptors (Lipinski definition) is 2. The highest BCUT2D eigenvalue weighted by Crippen LogP contribution is 2.22. The predicted octanol–water partition coefficient (Wildman–Crippen LogP) is 4.44.